The summed E-state index contributed by atoms with van der Waals surface area (Å²) in [6, 6.07) is 14.1. The Morgan fingerprint density at radius 2 is 1.92 bits per heavy atom. The zero-order valence-electron chi connectivity index (χ0n) is 20.6. The molecule has 0 spiro atoms. The van der Waals surface area contributed by atoms with Gasteiger partial charge in [0.2, 0.25) is 11.9 Å². The summed E-state index contributed by atoms with van der Waals surface area (Å²) in [4.78, 5) is 23.2. The van der Waals surface area contributed by atoms with Crippen LogP contribution < -0.4 is 15.4 Å². The van der Waals surface area contributed by atoms with Crippen LogP contribution in [0, 0.1) is 5.82 Å². The van der Waals surface area contributed by atoms with Gasteiger partial charge in [-0.25, -0.2) is 14.4 Å². The third kappa shape index (κ3) is 5.16. The largest absolute Gasteiger partial charge is 0.457 e. The van der Waals surface area contributed by atoms with E-state index in [4.69, 9.17) is 9.72 Å². The van der Waals surface area contributed by atoms with Crippen LogP contribution in [0.1, 0.15) is 31.7 Å². The number of hydrogen-bond donors (Lipinski definition) is 2. The van der Waals surface area contributed by atoms with Gasteiger partial charge in [-0.2, -0.15) is 0 Å². The van der Waals surface area contributed by atoms with E-state index in [0.717, 1.165) is 36.2 Å². The van der Waals surface area contributed by atoms with E-state index in [1.165, 1.54) is 6.07 Å². The van der Waals surface area contributed by atoms with Crippen molar-refractivity contribution in [3.8, 4) is 11.5 Å². The van der Waals surface area contributed by atoms with Crippen LogP contribution in [0.15, 0.2) is 54.7 Å². The van der Waals surface area contributed by atoms with Crippen molar-refractivity contribution in [3.63, 3.8) is 0 Å². The van der Waals surface area contributed by atoms with Gasteiger partial charge in [0, 0.05) is 31.1 Å². The molecule has 0 saturated carbocycles. The summed E-state index contributed by atoms with van der Waals surface area (Å²) < 4.78 is 22.1. The van der Waals surface area contributed by atoms with E-state index >= 15 is 0 Å². The number of nitrogens with zero attached hydrogens (tertiary/aromatic N) is 4. The highest BCUT2D eigenvalue weighted by molar-refractivity contribution is 5.91. The number of aromatic nitrogens is 3. The van der Waals surface area contributed by atoms with Crippen LogP contribution in [0.4, 0.5) is 21.8 Å². The second kappa shape index (κ2) is 9.94. The Bertz CT molecular complexity index is 1410. The van der Waals surface area contributed by atoms with E-state index in [2.05, 4.69) is 20.5 Å². The smallest absolute Gasteiger partial charge is 0.239 e. The summed E-state index contributed by atoms with van der Waals surface area (Å²) in [6.45, 7) is 6.22. The number of carbonyl (C=O) groups is 1. The molecular formula is C27H29FN6O2. The van der Waals surface area contributed by atoms with Crippen molar-refractivity contribution < 1.29 is 13.9 Å². The molecule has 2 N–H and O–H groups in total. The first kappa shape index (κ1) is 23.7. The molecule has 0 radical (unpaired) electrons. The summed E-state index contributed by atoms with van der Waals surface area (Å²) >= 11 is 0. The van der Waals surface area contributed by atoms with Gasteiger partial charge in [0.05, 0.1) is 17.6 Å². The monoisotopic (exact) mass is 488 g/mol. The second-order valence-corrected chi connectivity index (χ2v) is 9.32. The number of imidazole rings is 1. The third-order valence-electron chi connectivity index (χ3n) is 6.28. The average molecular weight is 489 g/mol. The van der Waals surface area contributed by atoms with Crippen molar-refractivity contribution in [2.75, 3.05) is 30.3 Å². The van der Waals surface area contributed by atoms with Crippen LogP contribution in [-0.4, -0.2) is 45.0 Å². The molecular weight excluding hydrogens is 459 g/mol. The van der Waals surface area contributed by atoms with Gasteiger partial charge in [-0.05, 0) is 67.4 Å². The number of fused-ring (bicyclic) bond motifs is 1. The Morgan fingerprint density at radius 3 is 2.67 bits per heavy atom. The summed E-state index contributed by atoms with van der Waals surface area (Å²) in [5, 5.41) is 6.12. The maximum Gasteiger partial charge on any atom is 0.239 e. The Hall–Kier alpha value is -3.98. The molecule has 0 aliphatic carbocycles. The number of carbonyl (C=O) groups excluding carboxylic acids is 1. The average Bonchev–Trinajstić information content (AvgIpc) is 3.12. The standard InChI is InChI=1S/C27H29FN6O2/c1-17(2)21-13-18(5-7-22(21)28)30-27-31-23-14-19(6-8-24(23)33(27)3)36-20-9-10-29-25(15-20)32-26(35)16-34-11-4-12-34/h5-10,13-15,17H,4,11-12,16H2,1-3H3,(H,30,31)(H,29,32,35). The predicted molar refractivity (Wildman–Crippen MR) is 138 cm³/mol. The number of pyridine rings is 1. The van der Waals surface area contributed by atoms with Crippen molar-refractivity contribution in [3.05, 3.63) is 66.1 Å². The topological polar surface area (TPSA) is 84.3 Å². The molecule has 4 aromatic rings. The normalized spacial score (nSPS) is 13.6. The van der Waals surface area contributed by atoms with E-state index in [1.54, 1.807) is 24.4 Å². The Labute approximate surface area is 209 Å². The number of benzene rings is 2. The highest BCUT2D eigenvalue weighted by atomic mass is 19.1. The first-order valence-electron chi connectivity index (χ1n) is 12.0. The molecule has 1 saturated heterocycles. The Kier molecular flexibility index (Phi) is 6.56. The number of nitrogens with one attached hydrogen (secondary N) is 2. The number of anilines is 3. The minimum absolute atomic E-state index is 0.0782. The first-order chi connectivity index (χ1) is 17.4. The lowest BCUT2D eigenvalue weighted by Gasteiger charge is -2.29. The third-order valence-corrected chi connectivity index (χ3v) is 6.28. The SMILES string of the molecule is CC(C)c1cc(Nc2nc3cc(Oc4ccnc(NC(=O)CN5CCC5)c4)ccc3n2C)ccc1F. The molecule has 36 heavy (non-hydrogen) atoms. The summed E-state index contributed by atoms with van der Waals surface area (Å²) in [5.41, 5.74) is 3.10. The molecule has 1 aliphatic rings. The van der Waals surface area contributed by atoms with E-state index in [-0.39, 0.29) is 17.6 Å². The number of halogens is 1. The lowest BCUT2D eigenvalue weighted by Crippen LogP contribution is -2.42. The van der Waals surface area contributed by atoms with Gasteiger partial charge in [-0.1, -0.05) is 13.8 Å². The predicted octanol–water partition coefficient (Wildman–Crippen LogP) is 5.41. The highest BCUT2D eigenvalue weighted by Crippen LogP contribution is 2.30. The number of aryl methyl sites for hydroxylation is 1. The molecule has 3 heterocycles. The van der Waals surface area contributed by atoms with Crippen molar-refractivity contribution in [2.45, 2.75) is 26.2 Å². The van der Waals surface area contributed by atoms with Crippen LogP contribution in [0.5, 0.6) is 11.5 Å². The molecule has 5 rings (SSSR count). The van der Waals surface area contributed by atoms with Gasteiger partial charge < -0.3 is 19.9 Å². The summed E-state index contributed by atoms with van der Waals surface area (Å²) in [6.07, 6.45) is 2.74. The number of ether oxygens (including phenoxy) is 1. The van der Waals surface area contributed by atoms with E-state index in [0.29, 0.717) is 35.4 Å². The first-order valence-corrected chi connectivity index (χ1v) is 12.0. The second-order valence-electron chi connectivity index (χ2n) is 9.32. The molecule has 0 atom stereocenters. The van der Waals surface area contributed by atoms with E-state index in [9.17, 15) is 9.18 Å². The fourth-order valence-electron chi connectivity index (χ4n) is 4.15. The van der Waals surface area contributed by atoms with Gasteiger partial charge in [-0.3, -0.25) is 9.69 Å². The Morgan fingerprint density at radius 1 is 1.11 bits per heavy atom. The molecule has 8 nitrogen and oxygen atoms in total. The zero-order chi connectivity index (χ0) is 25.2. The molecule has 2 aromatic carbocycles. The van der Waals surface area contributed by atoms with E-state index < -0.39 is 0 Å². The summed E-state index contributed by atoms with van der Waals surface area (Å²) in [5.74, 6) is 2.04. The number of rotatable bonds is 8. The van der Waals surface area contributed by atoms with Crippen LogP contribution in [0.25, 0.3) is 11.0 Å². The molecule has 1 fully saturated rings. The number of likely N-dealkylation sites (tertiary alicyclic amines) is 1. The Balaban J connectivity index is 1.31. The van der Waals surface area contributed by atoms with Crippen LogP contribution in [0.3, 0.4) is 0 Å². The van der Waals surface area contributed by atoms with Crippen molar-refractivity contribution in [1.82, 2.24) is 19.4 Å². The van der Waals surface area contributed by atoms with Crippen molar-refractivity contribution >= 4 is 34.4 Å². The lowest BCUT2D eigenvalue weighted by molar-refractivity contribution is -0.118. The minimum atomic E-state index is -0.211. The van der Waals surface area contributed by atoms with Gasteiger partial charge in [-0.15, -0.1) is 0 Å². The van der Waals surface area contributed by atoms with Gasteiger partial charge in [0.25, 0.3) is 0 Å². The molecule has 9 heteroatoms. The van der Waals surface area contributed by atoms with Gasteiger partial charge >= 0.3 is 0 Å². The minimum Gasteiger partial charge on any atom is -0.457 e. The highest BCUT2D eigenvalue weighted by Gasteiger charge is 2.17. The number of hydrogen-bond acceptors (Lipinski definition) is 6. The van der Waals surface area contributed by atoms with Gasteiger partial charge in [0.15, 0.2) is 0 Å². The maximum atomic E-state index is 14.1. The fraction of sp³-hybridized carbons (Fsp3) is 0.296. The van der Waals surface area contributed by atoms with Crippen molar-refractivity contribution in [1.29, 1.82) is 0 Å². The van der Waals surface area contributed by atoms with Crippen LogP contribution in [-0.2, 0) is 11.8 Å². The molecule has 2 aromatic heterocycles. The fourth-order valence-corrected chi connectivity index (χ4v) is 4.15. The van der Waals surface area contributed by atoms with Crippen LogP contribution in [0.2, 0.25) is 0 Å². The van der Waals surface area contributed by atoms with Gasteiger partial charge in [0.1, 0.15) is 23.1 Å². The molecule has 186 valence electrons. The number of amides is 1. The van der Waals surface area contributed by atoms with Crippen LogP contribution >= 0.6 is 0 Å². The van der Waals surface area contributed by atoms with E-state index in [1.807, 2.05) is 49.7 Å². The summed E-state index contributed by atoms with van der Waals surface area (Å²) in [7, 11) is 1.92. The zero-order valence-corrected chi connectivity index (χ0v) is 20.6. The quantitative estimate of drug-likeness (QED) is 0.345. The molecule has 1 amide bonds. The molecule has 0 unspecified atom stereocenters. The molecule has 1 aliphatic heterocycles. The lowest BCUT2D eigenvalue weighted by atomic mass is 10.0. The maximum absolute atomic E-state index is 14.1. The van der Waals surface area contributed by atoms with Crippen molar-refractivity contribution in [2.24, 2.45) is 7.05 Å². The molecule has 0 bridgehead atoms.